The molecule has 0 bridgehead atoms. The molecule has 1 unspecified atom stereocenters. The number of nitrogens with zero attached hydrogens (tertiary/aromatic N) is 4. The highest BCUT2D eigenvalue weighted by Gasteiger charge is 2.24. The number of hydrogen-bond donors (Lipinski definition) is 0. The van der Waals surface area contributed by atoms with Gasteiger partial charge in [-0.25, -0.2) is 0 Å². The molecule has 24 heavy (non-hydrogen) atoms. The highest BCUT2D eigenvalue weighted by molar-refractivity contribution is 5.77. The van der Waals surface area contributed by atoms with Crippen LogP contribution >= 0.6 is 0 Å². The van der Waals surface area contributed by atoms with E-state index in [0.717, 1.165) is 24.4 Å². The zero-order chi connectivity index (χ0) is 16.9. The van der Waals surface area contributed by atoms with Gasteiger partial charge >= 0.3 is 0 Å². The molecule has 1 saturated heterocycles. The van der Waals surface area contributed by atoms with E-state index in [4.69, 9.17) is 9.15 Å². The van der Waals surface area contributed by atoms with Crippen LogP contribution in [0, 0.1) is 6.92 Å². The number of likely N-dealkylation sites (N-methyl/N-ethyl adjacent to an activating group) is 1. The number of ether oxygens (including phenoxy) is 1. The van der Waals surface area contributed by atoms with E-state index in [1.165, 1.54) is 0 Å². The lowest BCUT2D eigenvalue weighted by Gasteiger charge is -2.33. The van der Waals surface area contributed by atoms with Crippen molar-refractivity contribution in [1.29, 1.82) is 0 Å². The molecule has 0 saturated carbocycles. The average molecular weight is 332 g/mol. The van der Waals surface area contributed by atoms with Crippen molar-refractivity contribution in [3.8, 4) is 0 Å². The first-order chi connectivity index (χ1) is 11.6. The quantitative estimate of drug-likeness (QED) is 0.794. The van der Waals surface area contributed by atoms with E-state index in [1.807, 2.05) is 36.1 Å². The zero-order valence-electron chi connectivity index (χ0n) is 14.2. The molecule has 1 aliphatic rings. The number of hydrogen-bond acceptors (Lipinski definition) is 5. The Morgan fingerprint density at radius 3 is 3.08 bits per heavy atom. The van der Waals surface area contributed by atoms with Crippen molar-refractivity contribution < 1.29 is 13.9 Å². The number of furan rings is 1. The number of rotatable bonds is 6. The van der Waals surface area contributed by atoms with Crippen LogP contribution in [-0.4, -0.2) is 64.9 Å². The fourth-order valence-corrected chi connectivity index (χ4v) is 2.85. The summed E-state index contributed by atoms with van der Waals surface area (Å²) in [5.41, 5.74) is 1.14. The molecule has 1 amide bonds. The second kappa shape index (κ2) is 7.63. The molecule has 0 aromatic carbocycles. The Bertz CT molecular complexity index is 653. The van der Waals surface area contributed by atoms with Crippen molar-refractivity contribution in [3.63, 3.8) is 0 Å². The predicted molar refractivity (Wildman–Crippen MR) is 88.3 cm³/mol. The van der Waals surface area contributed by atoms with Gasteiger partial charge in [-0.05, 0) is 24.6 Å². The van der Waals surface area contributed by atoms with Crippen LogP contribution in [0.15, 0.2) is 35.2 Å². The first kappa shape index (κ1) is 16.7. The summed E-state index contributed by atoms with van der Waals surface area (Å²) < 4.78 is 13.0. The molecule has 0 aliphatic carbocycles. The third-order valence-corrected chi connectivity index (χ3v) is 4.13. The first-order valence-electron chi connectivity index (χ1n) is 8.19. The molecule has 1 aliphatic heterocycles. The maximum Gasteiger partial charge on any atom is 0.236 e. The molecule has 130 valence electrons. The number of aromatic nitrogens is 2. The minimum absolute atomic E-state index is 0.0567. The molecule has 1 atom stereocenters. The van der Waals surface area contributed by atoms with Crippen LogP contribution in [0.5, 0.6) is 0 Å². The van der Waals surface area contributed by atoms with Gasteiger partial charge in [-0.1, -0.05) is 0 Å². The molecule has 0 spiro atoms. The third kappa shape index (κ3) is 4.46. The second-order valence-corrected chi connectivity index (χ2v) is 6.30. The van der Waals surface area contributed by atoms with E-state index in [0.29, 0.717) is 26.2 Å². The molecule has 7 nitrogen and oxygen atoms in total. The van der Waals surface area contributed by atoms with Crippen LogP contribution in [0.4, 0.5) is 0 Å². The van der Waals surface area contributed by atoms with Crippen LogP contribution < -0.4 is 0 Å². The van der Waals surface area contributed by atoms with E-state index in [-0.39, 0.29) is 12.0 Å². The van der Waals surface area contributed by atoms with Gasteiger partial charge in [-0.3, -0.25) is 14.4 Å². The summed E-state index contributed by atoms with van der Waals surface area (Å²) in [6.45, 7) is 5.77. The number of carbonyl (C=O) groups is 1. The topological polar surface area (TPSA) is 63.7 Å². The normalized spacial score (nSPS) is 18.7. The maximum atomic E-state index is 12.4. The summed E-state index contributed by atoms with van der Waals surface area (Å²) in [5, 5.41) is 4.30. The van der Waals surface area contributed by atoms with E-state index >= 15 is 0 Å². The van der Waals surface area contributed by atoms with Crippen LogP contribution in [0.3, 0.4) is 0 Å². The summed E-state index contributed by atoms with van der Waals surface area (Å²) >= 11 is 0. The Balaban J connectivity index is 1.48. The third-order valence-electron chi connectivity index (χ3n) is 4.13. The van der Waals surface area contributed by atoms with Crippen molar-refractivity contribution in [2.45, 2.75) is 26.1 Å². The standard InChI is InChI=1S/C17H24N4O3/c1-14-8-18-21(9-14)12-16-11-20(5-7-24-16)13-17(22)19(2)10-15-4-3-6-23-15/h3-4,6,8-9,16H,5,7,10-13H2,1-2H3. The summed E-state index contributed by atoms with van der Waals surface area (Å²) in [5.74, 6) is 0.877. The molecule has 7 heteroatoms. The van der Waals surface area contributed by atoms with Gasteiger partial charge in [0.2, 0.25) is 5.91 Å². The molecule has 3 heterocycles. The molecular formula is C17H24N4O3. The average Bonchev–Trinajstić information content (AvgIpc) is 3.19. The van der Waals surface area contributed by atoms with Crippen molar-refractivity contribution in [3.05, 3.63) is 42.1 Å². The van der Waals surface area contributed by atoms with Gasteiger partial charge in [0.25, 0.3) is 0 Å². The molecule has 3 rings (SSSR count). The first-order valence-corrected chi connectivity index (χ1v) is 8.19. The number of aryl methyl sites for hydroxylation is 1. The lowest BCUT2D eigenvalue weighted by molar-refractivity contribution is -0.134. The lowest BCUT2D eigenvalue weighted by atomic mass is 10.2. The SMILES string of the molecule is Cc1cnn(CC2CN(CC(=O)N(C)Cc3ccco3)CCO2)c1. The molecule has 0 N–H and O–H groups in total. The largest absolute Gasteiger partial charge is 0.467 e. The van der Waals surface area contributed by atoms with Gasteiger partial charge in [0, 0.05) is 26.3 Å². The van der Waals surface area contributed by atoms with Crippen molar-refractivity contribution in [2.75, 3.05) is 33.3 Å². The molecule has 0 radical (unpaired) electrons. The Kier molecular flexibility index (Phi) is 5.32. The van der Waals surface area contributed by atoms with Crippen LogP contribution in [-0.2, 0) is 22.6 Å². The minimum atomic E-state index is 0.0567. The van der Waals surface area contributed by atoms with E-state index in [9.17, 15) is 4.79 Å². The van der Waals surface area contributed by atoms with E-state index in [1.54, 1.807) is 18.2 Å². The van der Waals surface area contributed by atoms with Gasteiger partial charge in [0.1, 0.15) is 5.76 Å². The van der Waals surface area contributed by atoms with Crippen LogP contribution in [0.2, 0.25) is 0 Å². The molecule has 2 aromatic rings. The van der Waals surface area contributed by atoms with Crippen molar-refractivity contribution in [2.24, 2.45) is 0 Å². The van der Waals surface area contributed by atoms with Crippen molar-refractivity contribution in [1.82, 2.24) is 19.6 Å². The Hall–Kier alpha value is -2.12. The molecular weight excluding hydrogens is 308 g/mol. The Morgan fingerprint density at radius 2 is 2.38 bits per heavy atom. The number of amides is 1. The summed E-state index contributed by atoms with van der Waals surface area (Å²) in [7, 11) is 1.80. The van der Waals surface area contributed by atoms with Gasteiger partial charge in [-0.15, -0.1) is 0 Å². The highest BCUT2D eigenvalue weighted by Crippen LogP contribution is 2.10. The smallest absolute Gasteiger partial charge is 0.236 e. The summed E-state index contributed by atoms with van der Waals surface area (Å²) in [6, 6.07) is 3.71. The van der Waals surface area contributed by atoms with E-state index in [2.05, 4.69) is 10.00 Å². The van der Waals surface area contributed by atoms with Gasteiger partial charge < -0.3 is 14.1 Å². The number of carbonyl (C=O) groups excluding carboxylic acids is 1. The van der Waals surface area contributed by atoms with E-state index < -0.39 is 0 Å². The summed E-state index contributed by atoms with van der Waals surface area (Å²) in [4.78, 5) is 16.2. The Labute approximate surface area is 141 Å². The van der Waals surface area contributed by atoms with Gasteiger partial charge in [0.05, 0.1) is 44.8 Å². The summed E-state index contributed by atoms with van der Waals surface area (Å²) in [6.07, 6.45) is 5.52. The zero-order valence-corrected chi connectivity index (χ0v) is 14.2. The Morgan fingerprint density at radius 1 is 1.50 bits per heavy atom. The monoisotopic (exact) mass is 332 g/mol. The number of morpholine rings is 1. The second-order valence-electron chi connectivity index (χ2n) is 6.30. The molecule has 2 aromatic heterocycles. The highest BCUT2D eigenvalue weighted by atomic mass is 16.5. The molecule has 1 fully saturated rings. The van der Waals surface area contributed by atoms with Crippen molar-refractivity contribution >= 4 is 5.91 Å². The fourth-order valence-electron chi connectivity index (χ4n) is 2.85. The lowest BCUT2D eigenvalue weighted by Crippen LogP contribution is -2.48. The fraction of sp³-hybridized carbons (Fsp3) is 0.529. The minimum Gasteiger partial charge on any atom is -0.467 e. The van der Waals surface area contributed by atoms with Gasteiger partial charge in [-0.2, -0.15) is 5.10 Å². The predicted octanol–water partition coefficient (Wildman–Crippen LogP) is 1.14. The van der Waals surface area contributed by atoms with Crippen LogP contribution in [0.1, 0.15) is 11.3 Å². The van der Waals surface area contributed by atoms with Gasteiger partial charge in [0.15, 0.2) is 0 Å². The van der Waals surface area contributed by atoms with Crippen LogP contribution in [0.25, 0.3) is 0 Å². The maximum absolute atomic E-state index is 12.4.